The van der Waals surface area contributed by atoms with E-state index < -0.39 is 24.2 Å². The maximum atomic E-state index is 12.8. The Hall–Kier alpha value is -0.670. The molecule has 1 atom stereocenters. The molecule has 0 radical (unpaired) electrons. The third kappa shape index (κ3) is 2.43. The summed E-state index contributed by atoms with van der Waals surface area (Å²) in [5.41, 5.74) is 0. The second kappa shape index (κ2) is 3.37. The Balaban J connectivity index is 2.60. The molecule has 1 saturated carbocycles. The zero-order chi connectivity index (χ0) is 9.19. The van der Waals surface area contributed by atoms with Gasteiger partial charge in [0.25, 0.3) is 0 Å². The molecule has 0 heterocycles. The molecule has 0 aromatic rings. The van der Waals surface area contributed by atoms with Crippen LogP contribution >= 0.6 is 0 Å². The van der Waals surface area contributed by atoms with Gasteiger partial charge in [-0.15, -0.1) is 0 Å². The van der Waals surface area contributed by atoms with Gasteiger partial charge in [-0.05, 0) is 12.8 Å². The van der Waals surface area contributed by atoms with Gasteiger partial charge < -0.3 is 5.11 Å². The van der Waals surface area contributed by atoms with Crippen molar-refractivity contribution >= 4 is 5.97 Å². The Bertz CT molecular complexity index is 180. The molecule has 1 rings (SSSR count). The summed E-state index contributed by atoms with van der Waals surface area (Å²) >= 11 is 0. The number of carbonyl (C=O) groups is 1. The van der Waals surface area contributed by atoms with Crippen LogP contribution in [0.2, 0.25) is 0 Å². The molecule has 2 nitrogen and oxygen atoms in total. The van der Waals surface area contributed by atoms with Gasteiger partial charge in [0.2, 0.25) is 5.92 Å². The van der Waals surface area contributed by atoms with E-state index in [0.717, 1.165) is 0 Å². The zero-order valence-electron chi connectivity index (χ0n) is 6.72. The molecule has 1 aliphatic rings. The van der Waals surface area contributed by atoms with Crippen LogP contribution in [0.3, 0.4) is 0 Å². The van der Waals surface area contributed by atoms with Crippen molar-refractivity contribution in [1.29, 1.82) is 0 Å². The number of aliphatic carboxylic acids is 1. The third-order valence-electron chi connectivity index (χ3n) is 2.24. The Morgan fingerprint density at radius 1 is 1.42 bits per heavy atom. The number of hydrogen-bond acceptors (Lipinski definition) is 1. The van der Waals surface area contributed by atoms with Gasteiger partial charge >= 0.3 is 5.97 Å². The summed E-state index contributed by atoms with van der Waals surface area (Å²) in [7, 11) is 0. The van der Waals surface area contributed by atoms with Crippen LogP contribution in [0.5, 0.6) is 0 Å². The van der Waals surface area contributed by atoms with Crippen LogP contribution in [-0.4, -0.2) is 17.0 Å². The Morgan fingerprint density at radius 2 is 2.08 bits per heavy atom. The largest absolute Gasteiger partial charge is 0.481 e. The highest BCUT2D eigenvalue weighted by molar-refractivity contribution is 5.70. The highest BCUT2D eigenvalue weighted by atomic mass is 19.3. The molecule has 1 aliphatic carbocycles. The number of rotatable bonds is 1. The molecule has 0 aliphatic heterocycles. The summed E-state index contributed by atoms with van der Waals surface area (Å²) in [5.74, 6) is -4.70. The molecule has 1 fully saturated rings. The molecular formula is C8H12F2O2. The van der Waals surface area contributed by atoms with E-state index in [1.807, 2.05) is 0 Å². The summed E-state index contributed by atoms with van der Waals surface area (Å²) in [5, 5.41) is 8.56. The van der Waals surface area contributed by atoms with Crippen molar-refractivity contribution in [3.8, 4) is 0 Å². The van der Waals surface area contributed by atoms with E-state index in [9.17, 15) is 13.6 Å². The van der Waals surface area contributed by atoms with Gasteiger partial charge in [-0.25, -0.2) is 8.78 Å². The summed E-state index contributed by atoms with van der Waals surface area (Å²) in [6.07, 6.45) is 0.799. The van der Waals surface area contributed by atoms with Gasteiger partial charge in [0.05, 0.1) is 5.92 Å². The predicted molar refractivity (Wildman–Crippen MR) is 39.2 cm³/mol. The van der Waals surface area contributed by atoms with Crippen molar-refractivity contribution in [2.45, 2.75) is 38.0 Å². The van der Waals surface area contributed by atoms with Crippen LogP contribution in [0.1, 0.15) is 32.1 Å². The molecule has 12 heavy (non-hydrogen) atoms. The minimum Gasteiger partial charge on any atom is -0.481 e. The molecule has 0 aromatic carbocycles. The van der Waals surface area contributed by atoms with E-state index in [2.05, 4.69) is 0 Å². The topological polar surface area (TPSA) is 37.3 Å². The Labute approximate surface area is 69.6 Å². The molecule has 70 valence electrons. The summed E-state index contributed by atoms with van der Waals surface area (Å²) in [6.45, 7) is 0. The predicted octanol–water partition coefficient (Wildman–Crippen LogP) is 2.29. The Kier molecular flexibility index (Phi) is 2.65. The number of carboxylic acids is 1. The zero-order valence-corrected chi connectivity index (χ0v) is 6.72. The first kappa shape index (κ1) is 9.42. The SMILES string of the molecule is O=C(O)C1CCCCC(F)(F)C1. The van der Waals surface area contributed by atoms with E-state index in [0.29, 0.717) is 19.3 Å². The molecule has 0 amide bonds. The maximum Gasteiger partial charge on any atom is 0.306 e. The molecule has 4 heteroatoms. The smallest absolute Gasteiger partial charge is 0.306 e. The molecule has 0 saturated heterocycles. The van der Waals surface area contributed by atoms with E-state index in [1.54, 1.807) is 0 Å². The number of halogens is 2. The van der Waals surface area contributed by atoms with E-state index in [4.69, 9.17) is 5.11 Å². The van der Waals surface area contributed by atoms with Gasteiger partial charge in [-0.3, -0.25) is 4.79 Å². The monoisotopic (exact) mass is 178 g/mol. The molecule has 0 spiro atoms. The lowest BCUT2D eigenvalue weighted by atomic mass is 9.99. The van der Waals surface area contributed by atoms with E-state index in [-0.39, 0.29) is 6.42 Å². The van der Waals surface area contributed by atoms with Crippen LogP contribution < -0.4 is 0 Å². The van der Waals surface area contributed by atoms with Gasteiger partial charge in [-0.1, -0.05) is 6.42 Å². The van der Waals surface area contributed by atoms with Gasteiger partial charge in [0.1, 0.15) is 0 Å². The maximum absolute atomic E-state index is 12.8. The summed E-state index contributed by atoms with van der Waals surface area (Å²) in [6, 6.07) is 0. The second-order valence-corrected chi connectivity index (χ2v) is 3.34. The van der Waals surface area contributed by atoms with Crippen molar-refractivity contribution in [3.05, 3.63) is 0 Å². The second-order valence-electron chi connectivity index (χ2n) is 3.34. The third-order valence-corrected chi connectivity index (χ3v) is 2.24. The molecule has 1 N–H and O–H groups in total. The standard InChI is InChI=1S/C8H12F2O2/c9-8(10)4-2-1-3-6(5-8)7(11)12/h6H,1-5H2,(H,11,12). The van der Waals surface area contributed by atoms with Crippen molar-refractivity contribution in [2.75, 3.05) is 0 Å². The van der Waals surface area contributed by atoms with Gasteiger partial charge in [0, 0.05) is 12.8 Å². The summed E-state index contributed by atoms with van der Waals surface area (Å²) < 4.78 is 25.6. The normalized spacial score (nSPS) is 29.3. The lowest BCUT2D eigenvalue weighted by Crippen LogP contribution is -2.23. The molecular weight excluding hydrogens is 166 g/mol. The van der Waals surface area contributed by atoms with Crippen LogP contribution in [0.4, 0.5) is 8.78 Å². The average molecular weight is 178 g/mol. The fourth-order valence-electron chi connectivity index (χ4n) is 1.55. The minimum atomic E-state index is -2.76. The average Bonchev–Trinajstić information content (AvgIpc) is 2.10. The van der Waals surface area contributed by atoms with Crippen molar-refractivity contribution < 1.29 is 18.7 Å². The lowest BCUT2D eigenvalue weighted by Gasteiger charge is -2.15. The van der Waals surface area contributed by atoms with Gasteiger partial charge in [-0.2, -0.15) is 0 Å². The molecule has 1 unspecified atom stereocenters. The van der Waals surface area contributed by atoms with Crippen LogP contribution in [0, 0.1) is 5.92 Å². The number of alkyl halides is 2. The Morgan fingerprint density at radius 3 is 2.67 bits per heavy atom. The molecule has 0 bridgehead atoms. The summed E-state index contributed by atoms with van der Waals surface area (Å²) in [4.78, 5) is 10.5. The highest BCUT2D eigenvalue weighted by Gasteiger charge is 2.37. The lowest BCUT2D eigenvalue weighted by molar-refractivity contribution is -0.145. The fourth-order valence-corrected chi connectivity index (χ4v) is 1.55. The van der Waals surface area contributed by atoms with Crippen LogP contribution in [0.25, 0.3) is 0 Å². The quantitative estimate of drug-likeness (QED) is 0.625. The van der Waals surface area contributed by atoms with Crippen LogP contribution in [-0.2, 0) is 4.79 Å². The van der Waals surface area contributed by atoms with Crippen molar-refractivity contribution in [3.63, 3.8) is 0 Å². The first-order chi connectivity index (χ1) is 5.51. The van der Waals surface area contributed by atoms with Crippen molar-refractivity contribution in [2.24, 2.45) is 5.92 Å². The number of hydrogen-bond donors (Lipinski definition) is 1. The van der Waals surface area contributed by atoms with E-state index >= 15 is 0 Å². The first-order valence-electron chi connectivity index (χ1n) is 4.12. The van der Waals surface area contributed by atoms with Crippen LogP contribution in [0.15, 0.2) is 0 Å². The molecule has 0 aromatic heterocycles. The highest BCUT2D eigenvalue weighted by Crippen LogP contribution is 2.35. The number of carboxylic acid groups (broad SMARTS) is 1. The van der Waals surface area contributed by atoms with Gasteiger partial charge in [0.15, 0.2) is 0 Å². The van der Waals surface area contributed by atoms with Crippen molar-refractivity contribution in [1.82, 2.24) is 0 Å². The van der Waals surface area contributed by atoms with E-state index in [1.165, 1.54) is 0 Å². The minimum absolute atomic E-state index is 0.156. The first-order valence-corrected chi connectivity index (χ1v) is 4.12. The fraction of sp³-hybridized carbons (Fsp3) is 0.875.